The summed E-state index contributed by atoms with van der Waals surface area (Å²) in [5.74, 6) is -6.90. The summed E-state index contributed by atoms with van der Waals surface area (Å²) in [6, 6.07) is 16.3. The molecular weight excluding hydrogens is 511 g/mol. The molecule has 6 rings (SSSR count). The van der Waals surface area contributed by atoms with Gasteiger partial charge in [0.1, 0.15) is 0 Å². The lowest BCUT2D eigenvalue weighted by Gasteiger charge is -2.28. The standard InChI is InChI=1S/C27H15ClF3NO5/c28-17-11-5-3-9-15(17)21-19-20(26(37-21)22(33)13-7-1-2-8-14(13)23(26)34)25(36)32(24(19)35)18-12-6-4-10-16(18)27(29,30)31/h1-12,19-21H/t19-,20+,21+/m0/s1. The molecule has 0 unspecified atom stereocenters. The van der Waals surface area contributed by atoms with Crippen LogP contribution in [-0.4, -0.2) is 29.0 Å². The van der Waals surface area contributed by atoms with E-state index in [1.54, 1.807) is 12.1 Å². The molecule has 2 aliphatic heterocycles. The van der Waals surface area contributed by atoms with Gasteiger partial charge in [0, 0.05) is 21.7 Å². The number of imide groups is 1. The number of alkyl halides is 3. The number of ketones is 2. The minimum atomic E-state index is -4.87. The Morgan fingerprint density at radius 3 is 1.97 bits per heavy atom. The first-order chi connectivity index (χ1) is 17.6. The monoisotopic (exact) mass is 525 g/mol. The molecule has 1 spiro atoms. The minimum absolute atomic E-state index is 0.0143. The smallest absolute Gasteiger partial charge is 0.349 e. The van der Waals surface area contributed by atoms with E-state index in [9.17, 15) is 32.3 Å². The number of benzene rings is 3. The number of rotatable bonds is 2. The summed E-state index contributed by atoms with van der Waals surface area (Å²) in [5.41, 5.74) is -4.02. The largest absolute Gasteiger partial charge is 0.418 e. The van der Waals surface area contributed by atoms with Crippen LogP contribution in [0.15, 0.2) is 72.8 Å². The number of nitrogens with zero attached hydrogens (tertiary/aromatic N) is 1. The van der Waals surface area contributed by atoms with Crippen LogP contribution in [0.1, 0.15) is 37.9 Å². The maximum absolute atomic E-state index is 13.9. The summed E-state index contributed by atoms with van der Waals surface area (Å²) in [6.45, 7) is 0. The molecule has 0 radical (unpaired) electrons. The summed E-state index contributed by atoms with van der Waals surface area (Å²) in [7, 11) is 0. The SMILES string of the molecule is O=C1[C@@H]2[C@@H](c3ccccc3Cl)OC3(C(=O)c4ccccc4C3=O)[C@H]2C(=O)N1c1ccccc1C(F)(F)F. The number of ether oxygens (including phenoxy) is 1. The zero-order chi connectivity index (χ0) is 26.3. The Hall–Kier alpha value is -3.82. The zero-order valence-corrected chi connectivity index (χ0v) is 19.4. The fourth-order valence-electron chi connectivity index (χ4n) is 5.65. The van der Waals surface area contributed by atoms with Gasteiger partial charge in [-0.05, 0) is 18.2 Å². The number of hydrogen-bond acceptors (Lipinski definition) is 5. The van der Waals surface area contributed by atoms with E-state index in [-0.39, 0.29) is 21.7 Å². The van der Waals surface area contributed by atoms with E-state index >= 15 is 0 Å². The van der Waals surface area contributed by atoms with Crippen molar-refractivity contribution < 1.29 is 37.1 Å². The average Bonchev–Trinajstić information content (AvgIpc) is 3.44. The summed E-state index contributed by atoms with van der Waals surface area (Å²) in [5, 5.41) is 0.146. The molecule has 2 fully saturated rings. The predicted octanol–water partition coefficient (Wildman–Crippen LogP) is 5.05. The van der Waals surface area contributed by atoms with Crippen molar-refractivity contribution in [1.82, 2.24) is 0 Å². The number of halogens is 4. The molecule has 186 valence electrons. The summed E-state index contributed by atoms with van der Waals surface area (Å²) in [6.07, 6.45) is -6.21. The lowest BCUT2D eigenvalue weighted by atomic mass is 9.77. The zero-order valence-electron chi connectivity index (χ0n) is 18.7. The first-order valence-electron chi connectivity index (χ1n) is 11.2. The highest BCUT2D eigenvalue weighted by molar-refractivity contribution is 6.37. The van der Waals surface area contributed by atoms with Gasteiger partial charge in [0.15, 0.2) is 0 Å². The second-order valence-electron chi connectivity index (χ2n) is 9.03. The van der Waals surface area contributed by atoms with Crippen molar-refractivity contribution in [2.24, 2.45) is 11.8 Å². The Kier molecular flexibility index (Phi) is 4.99. The molecular formula is C27H15ClF3NO5. The fourth-order valence-corrected chi connectivity index (χ4v) is 5.89. The van der Waals surface area contributed by atoms with E-state index < -0.39 is 64.3 Å². The molecule has 3 aliphatic rings. The van der Waals surface area contributed by atoms with Crippen molar-refractivity contribution in [2.45, 2.75) is 17.9 Å². The second-order valence-corrected chi connectivity index (χ2v) is 9.44. The lowest BCUT2D eigenvalue weighted by molar-refractivity contribution is -0.137. The van der Waals surface area contributed by atoms with Crippen molar-refractivity contribution in [3.63, 3.8) is 0 Å². The van der Waals surface area contributed by atoms with Gasteiger partial charge in [-0.2, -0.15) is 13.2 Å². The molecule has 0 N–H and O–H groups in total. The first kappa shape index (κ1) is 23.6. The molecule has 0 aromatic heterocycles. The molecule has 10 heteroatoms. The number of anilines is 1. The number of hydrogen-bond donors (Lipinski definition) is 0. The molecule has 0 bridgehead atoms. The van der Waals surface area contributed by atoms with Gasteiger partial charge in [-0.1, -0.05) is 66.2 Å². The van der Waals surface area contributed by atoms with Crippen LogP contribution in [0.4, 0.5) is 18.9 Å². The first-order valence-corrected chi connectivity index (χ1v) is 11.6. The number of amides is 2. The second kappa shape index (κ2) is 7.84. The van der Waals surface area contributed by atoms with Crippen LogP contribution in [0.3, 0.4) is 0 Å². The van der Waals surface area contributed by atoms with Gasteiger partial charge in [0.05, 0.1) is 29.2 Å². The fraction of sp³-hybridized carbons (Fsp3) is 0.185. The van der Waals surface area contributed by atoms with Crippen molar-refractivity contribution >= 4 is 40.7 Å². The third-order valence-electron chi connectivity index (χ3n) is 7.18. The van der Waals surface area contributed by atoms with Gasteiger partial charge < -0.3 is 4.74 Å². The van der Waals surface area contributed by atoms with Gasteiger partial charge in [0.25, 0.3) is 0 Å². The lowest BCUT2D eigenvalue weighted by Crippen LogP contribution is -2.51. The molecule has 2 heterocycles. The Morgan fingerprint density at radius 2 is 1.35 bits per heavy atom. The van der Waals surface area contributed by atoms with Gasteiger partial charge in [0.2, 0.25) is 29.0 Å². The van der Waals surface area contributed by atoms with E-state index in [1.165, 1.54) is 42.5 Å². The van der Waals surface area contributed by atoms with Crippen molar-refractivity contribution in [3.05, 3.63) is 100 Å². The van der Waals surface area contributed by atoms with Crippen molar-refractivity contribution in [3.8, 4) is 0 Å². The summed E-state index contributed by atoms with van der Waals surface area (Å²) >= 11 is 6.37. The Balaban J connectivity index is 1.58. The molecule has 3 atom stereocenters. The molecule has 6 nitrogen and oxygen atoms in total. The summed E-state index contributed by atoms with van der Waals surface area (Å²) in [4.78, 5) is 55.5. The molecule has 37 heavy (non-hydrogen) atoms. The van der Waals surface area contributed by atoms with Crippen molar-refractivity contribution in [2.75, 3.05) is 4.90 Å². The number of para-hydroxylation sites is 1. The predicted molar refractivity (Wildman–Crippen MR) is 124 cm³/mol. The highest BCUT2D eigenvalue weighted by atomic mass is 35.5. The highest BCUT2D eigenvalue weighted by Gasteiger charge is 2.75. The number of Topliss-reactive ketones (excluding diaryl/α,β-unsaturated/α-hetero) is 2. The quantitative estimate of drug-likeness (QED) is 0.345. The molecule has 2 saturated heterocycles. The number of carbonyl (C=O) groups excluding carboxylic acids is 4. The van der Waals surface area contributed by atoms with Crippen LogP contribution in [0.2, 0.25) is 5.02 Å². The minimum Gasteiger partial charge on any atom is -0.349 e. The van der Waals surface area contributed by atoms with Crippen LogP contribution in [0, 0.1) is 11.8 Å². The Bertz CT molecular complexity index is 1500. The van der Waals surface area contributed by atoms with Crippen LogP contribution in [0.25, 0.3) is 0 Å². The third-order valence-corrected chi connectivity index (χ3v) is 7.53. The number of carbonyl (C=O) groups is 4. The Labute approximate surface area is 212 Å². The van der Waals surface area contributed by atoms with Crippen LogP contribution < -0.4 is 4.90 Å². The topological polar surface area (TPSA) is 80.8 Å². The van der Waals surface area contributed by atoms with E-state index in [1.807, 2.05) is 0 Å². The van der Waals surface area contributed by atoms with E-state index in [0.717, 1.165) is 18.2 Å². The van der Waals surface area contributed by atoms with E-state index in [0.29, 0.717) is 4.90 Å². The van der Waals surface area contributed by atoms with Gasteiger partial charge in [-0.15, -0.1) is 0 Å². The van der Waals surface area contributed by atoms with E-state index in [2.05, 4.69) is 0 Å². The Morgan fingerprint density at radius 1 is 0.784 bits per heavy atom. The van der Waals surface area contributed by atoms with Gasteiger partial charge >= 0.3 is 6.18 Å². The van der Waals surface area contributed by atoms with Crippen molar-refractivity contribution in [1.29, 1.82) is 0 Å². The maximum Gasteiger partial charge on any atom is 0.418 e. The highest BCUT2D eigenvalue weighted by Crippen LogP contribution is 2.58. The van der Waals surface area contributed by atoms with Gasteiger partial charge in [-0.25, -0.2) is 4.90 Å². The van der Waals surface area contributed by atoms with E-state index in [4.69, 9.17) is 16.3 Å². The van der Waals surface area contributed by atoms with Crippen LogP contribution >= 0.6 is 11.6 Å². The number of fused-ring (bicyclic) bond motifs is 3. The van der Waals surface area contributed by atoms with Crippen LogP contribution in [0.5, 0.6) is 0 Å². The average molecular weight is 526 g/mol. The molecule has 1 aliphatic carbocycles. The maximum atomic E-state index is 13.9. The molecule has 3 aromatic carbocycles. The molecule has 0 saturated carbocycles. The molecule has 2 amide bonds. The normalized spacial score (nSPS) is 24.2. The van der Waals surface area contributed by atoms with Crippen LogP contribution in [-0.2, 0) is 20.5 Å². The van der Waals surface area contributed by atoms with Gasteiger partial charge in [-0.3, -0.25) is 19.2 Å². The third kappa shape index (κ3) is 3.04. The summed E-state index contributed by atoms with van der Waals surface area (Å²) < 4.78 is 47.6. The molecule has 3 aromatic rings.